The van der Waals surface area contributed by atoms with Crippen molar-refractivity contribution in [1.82, 2.24) is 15.0 Å². The molecular weight excluding hydrogens is 333 g/mol. The van der Waals surface area contributed by atoms with Crippen LogP contribution in [0.25, 0.3) is 11.0 Å². The molecule has 1 heterocycles. The average Bonchev–Trinajstić information content (AvgIpc) is 2.41. The second kappa shape index (κ2) is 2.95. The SMILES string of the molecule is Cn1nnc2c(I)c(Br)ccc21. The Kier molecular flexibility index (Phi) is 2.07. The number of aryl methyl sites for hydroxylation is 1. The molecule has 0 aliphatic carbocycles. The largest absolute Gasteiger partial charge is 0.248 e. The van der Waals surface area contributed by atoms with Gasteiger partial charge in [0.1, 0.15) is 5.52 Å². The van der Waals surface area contributed by atoms with Crippen LogP contribution in [0.3, 0.4) is 0 Å². The Labute approximate surface area is 91.4 Å². The fourth-order valence-corrected chi connectivity index (χ4v) is 1.93. The number of nitrogens with zero attached hydrogens (tertiary/aromatic N) is 3. The first-order valence-electron chi connectivity index (χ1n) is 3.33. The maximum absolute atomic E-state index is 4.05. The van der Waals surface area contributed by atoms with Gasteiger partial charge in [-0.1, -0.05) is 5.21 Å². The lowest BCUT2D eigenvalue weighted by Gasteiger charge is -1.95. The van der Waals surface area contributed by atoms with E-state index in [-0.39, 0.29) is 0 Å². The van der Waals surface area contributed by atoms with Crippen molar-refractivity contribution in [3.8, 4) is 0 Å². The Bertz CT molecular complexity index is 437. The van der Waals surface area contributed by atoms with Gasteiger partial charge in [-0.2, -0.15) is 0 Å². The molecular formula is C7H5BrIN3. The Hall–Kier alpha value is -0.170. The minimum absolute atomic E-state index is 0.951. The highest BCUT2D eigenvalue weighted by atomic mass is 127. The molecule has 3 nitrogen and oxygen atoms in total. The molecule has 0 aliphatic rings. The number of hydrogen-bond acceptors (Lipinski definition) is 2. The molecule has 0 aliphatic heterocycles. The van der Waals surface area contributed by atoms with Gasteiger partial charge in [-0.05, 0) is 50.7 Å². The summed E-state index contributed by atoms with van der Waals surface area (Å²) in [5.41, 5.74) is 2.01. The van der Waals surface area contributed by atoms with Gasteiger partial charge >= 0.3 is 0 Å². The van der Waals surface area contributed by atoms with Gasteiger partial charge in [-0.25, -0.2) is 4.68 Å². The molecule has 2 aromatic rings. The monoisotopic (exact) mass is 337 g/mol. The first-order chi connectivity index (χ1) is 5.70. The van der Waals surface area contributed by atoms with E-state index < -0.39 is 0 Å². The highest BCUT2D eigenvalue weighted by Crippen LogP contribution is 2.25. The lowest BCUT2D eigenvalue weighted by molar-refractivity contribution is 0.736. The van der Waals surface area contributed by atoms with Crippen molar-refractivity contribution in [3.05, 3.63) is 20.2 Å². The fraction of sp³-hybridized carbons (Fsp3) is 0.143. The molecule has 0 radical (unpaired) electrons. The highest BCUT2D eigenvalue weighted by molar-refractivity contribution is 14.1. The smallest absolute Gasteiger partial charge is 0.127 e. The second-order valence-electron chi connectivity index (χ2n) is 2.44. The minimum Gasteiger partial charge on any atom is -0.248 e. The van der Waals surface area contributed by atoms with Crippen molar-refractivity contribution >= 4 is 49.6 Å². The van der Waals surface area contributed by atoms with Crippen molar-refractivity contribution in [3.63, 3.8) is 0 Å². The molecule has 1 aromatic heterocycles. The molecule has 0 fully saturated rings. The number of fused-ring (bicyclic) bond motifs is 1. The number of aromatic nitrogens is 3. The Morgan fingerprint density at radius 3 is 3.00 bits per heavy atom. The molecule has 0 amide bonds. The van der Waals surface area contributed by atoms with Crippen molar-refractivity contribution in [1.29, 1.82) is 0 Å². The molecule has 0 spiro atoms. The average molecular weight is 338 g/mol. The molecule has 2 rings (SSSR count). The van der Waals surface area contributed by atoms with Crippen LogP contribution in [0, 0.1) is 3.57 Å². The van der Waals surface area contributed by atoms with Gasteiger partial charge in [-0.3, -0.25) is 0 Å². The van der Waals surface area contributed by atoms with Gasteiger partial charge < -0.3 is 0 Å². The van der Waals surface area contributed by atoms with Crippen LogP contribution < -0.4 is 0 Å². The second-order valence-corrected chi connectivity index (χ2v) is 4.38. The van der Waals surface area contributed by atoms with Crippen LogP contribution in [0.5, 0.6) is 0 Å². The van der Waals surface area contributed by atoms with Gasteiger partial charge in [-0.15, -0.1) is 5.10 Å². The van der Waals surface area contributed by atoms with Crippen LogP contribution in [0.1, 0.15) is 0 Å². The van der Waals surface area contributed by atoms with Gasteiger partial charge in [0.25, 0.3) is 0 Å². The zero-order chi connectivity index (χ0) is 8.72. The summed E-state index contributed by atoms with van der Waals surface area (Å²) in [5, 5.41) is 7.99. The van der Waals surface area contributed by atoms with E-state index in [1.54, 1.807) is 4.68 Å². The molecule has 0 N–H and O–H groups in total. The zero-order valence-electron chi connectivity index (χ0n) is 6.25. The lowest BCUT2D eigenvalue weighted by Crippen LogP contribution is -1.88. The van der Waals surface area contributed by atoms with Crippen molar-refractivity contribution in [2.75, 3.05) is 0 Å². The number of hydrogen-bond donors (Lipinski definition) is 0. The quantitative estimate of drug-likeness (QED) is 0.691. The van der Waals surface area contributed by atoms with Crippen molar-refractivity contribution in [2.45, 2.75) is 0 Å². The first-order valence-corrected chi connectivity index (χ1v) is 5.20. The van der Waals surface area contributed by atoms with Crippen LogP contribution >= 0.6 is 38.5 Å². The van der Waals surface area contributed by atoms with Crippen LogP contribution in [-0.2, 0) is 7.05 Å². The van der Waals surface area contributed by atoms with E-state index in [2.05, 4.69) is 48.8 Å². The highest BCUT2D eigenvalue weighted by Gasteiger charge is 2.07. The third-order valence-corrected chi connectivity index (χ3v) is 4.17. The number of halogens is 2. The minimum atomic E-state index is 0.951. The van der Waals surface area contributed by atoms with Crippen LogP contribution in [-0.4, -0.2) is 15.0 Å². The third-order valence-electron chi connectivity index (χ3n) is 1.68. The van der Waals surface area contributed by atoms with E-state index in [1.165, 1.54) is 0 Å². The predicted octanol–water partition coefficient (Wildman–Crippen LogP) is 2.34. The molecule has 0 atom stereocenters. The number of benzene rings is 1. The summed E-state index contributed by atoms with van der Waals surface area (Å²) in [4.78, 5) is 0. The molecule has 62 valence electrons. The molecule has 0 bridgehead atoms. The van der Waals surface area contributed by atoms with E-state index in [0.717, 1.165) is 19.1 Å². The predicted molar refractivity (Wildman–Crippen MR) is 58.9 cm³/mol. The van der Waals surface area contributed by atoms with Gasteiger partial charge in [0, 0.05) is 11.5 Å². The van der Waals surface area contributed by atoms with Crippen LogP contribution in [0.4, 0.5) is 0 Å². The van der Waals surface area contributed by atoms with Gasteiger partial charge in [0.15, 0.2) is 0 Å². The summed E-state index contributed by atoms with van der Waals surface area (Å²) in [6, 6.07) is 4.01. The Morgan fingerprint density at radius 2 is 2.25 bits per heavy atom. The normalized spacial score (nSPS) is 10.9. The lowest BCUT2D eigenvalue weighted by atomic mass is 10.3. The summed E-state index contributed by atoms with van der Waals surface area (Å²) in [6.45, 7) is 0. The fourth-order valence-electron chi connectivity index (χ4n) is 1.05. The number of rotatable bonds is 0. The van der Waals surface area contributed by atoms with Crippen molar-refractivity contribution in [2.24, 2.45) is 7.05 Å². The van der Waals surface area contributed by atoms with Crippen molar-refractivity contribution < 1.29 is 0 Å². The molecule has 0 unspecified atom stereocenters. The third kappa shape index (κ3) is 1.15. The van der Waals surface area contributed by atoms with E-state index in [1.807, 2.05) is 19.2 Å². The molecule has 12 heavy (non-hydrogen) atoms. The Balaban J connectivity index is 2.93. The summed E-state index contributed by atoms with van der Waals surface area (Å²) in [5.74, 6) is 0. The maximum atomic E-state index is 4.05. The topological polar surface area (TPSA) is 30.7 Å². The van der Waals surface area contributed by atoms with Crippen LogP contribution in [0.2, 0.25) is 0 Å². The summed E-state index contributed by atoms with van der Waals surface area (Å²) in [7, 11) is 1.89. The zero-order valence-corrected chi connectivity index (χ0v) is 10.00. The first kappa shape index (κ1) is 8.43. The molecule has 0 saturated heterocycles. The van der Waals surface area contributed by atoms with Gasteiger partial charge in [0.2, 0.25) is 0 Å². The summed E-state index contributed by atoms with van der Waals surface area (Å²) < 4.78 is 3.94. The van der Waals surface area contributed by atoms with Gasteiger partial charge in [0.05, 0.1) is 9.09 Å². The standard InChI is InChI=1S/C7H5BrIN3/c1-12-5-3-2-4(8)6(9)7(5)10-11-12/h2-3H,1H3. The van der Waals surface area contributed by atoms with E-state index in [9.17, 15) is 0 Å². The molecule has 5 heteroatoms. The Morgan fingerprint density at radius 1 is 1.50 bits per heavy atom. The van der Waals surface area contributed by atoms with E-state index in [4.69, 9.17) is 0 Å². The maximum Gasteiger partial charge on any atom is 0.127 e. The van der Waals surface area contributed by atoms with Crippen LogP contribution in [0.15, 0.2) is 16.6 Å². The van der Waals surface area contributed by atoms with E-state index in [0.29, 0.717) is 0 Å². The van der Waals surface area contributed by atoms with E-state index >= 15 is 0 Å². The summed E-state index contributed by atoms with van der Waals surface area (Å²) >= 11 is 5.69. The molecule has 0 saturated carbocycles. The molecule has 1 aromatic carbocycles. The summed E-state index contributed by atoms with van der Waals surface area (Å²) in [6.07, 6.45) is 0.